The van der Waals surface area contributed by atoms with Crippen molar-refractivity contribution in [2.45, 2.75) is 63.8 Å². The second-order valence-electron chi connectivity index (χ2n) is 7.61. The average molecular weight is 329 g/mol. The van der Waals surface area contributed by atoms with Gasteiger partial charge in [0.1, 0.15) is 5.75 Å². The maximum atomic E-state index is 13.3. The fourth-order valence-corrected chi connectivity index (χ4v) is 4.29. The summed E-state index contributed by atoms with van der Waals surface area (Å²) in [6, 6.07) is 8.39. The van der Waals surface area contributed by atoms with Gasteiger partial charge in [0.05, 0.1) is 25.2 Å². The highest BCUT2D eigenvalue weighted by atomic mass is 16.5. The summed E-state index contributed by atoms with van der Waals surface area (Å²) in [5.41, 5.74) is 1.17. The topological polar surface area (TPSA) is 38.8 Å². The predicted octanol–water partition coefficient (Wildman–Crippen LogP) is 3.39. The largest absolute Gasteiger partial charge is 0.497 e. The van der Waals surface area contributed by atoms with Gasteiger partial charge < -0.3 is 14.4 Å². The summed E-state index contributed by atoms with van der Waals surface area (Å²) in [7, 11) is 1.68. The molecule has 1 amide bonds. The van der Waals surface area contributed by atoms with Crippen LogP contribution in [0, 0.1) is 11.8 Å². The lowest BCUT2D eigenvalue weighted by Crippen LogP contribution is -2.45. The van der Waals surface area contributed by atoms with Gasteiger partial charge in [-0.05, 0) is 62.6 Å². The second-order valence-corrected chi connectivity index (χ2v) is 7.61. The molecular formula is C20H27NO3. The zero-order valence-corrected chi connectivity index (χ0v) is 14.6. The molecule has 2 aliphatic heterocycles. The highest BCUT2D eigenvalue weighted by Gasteiger charge is 2.47. The molecule has 4 heteroatoms. The molecule has 0 N–H and O–H groups in total. The number of hydrogen-bond acceptors (Lipinski definition) is 3. The van der Waals surface area contributed by atoms with Crippen LogP contribution in [0.3, 0.4) is 0 Å². The summed E-state index contributed by atoms with van der Waals surface area (Å²) >= 11 is 0. The Morgan fingerprint density at radius 2 is 2.00 bits per heavy atom. The van der Waals surface area contributed by atoms with Crippen molar-refractivity contribution in [3.63, 3.8) is 0 Å². The van der Waals surface area contributed by atoms with Crippen molar-refractivity contribution < 1.29 is 14.3 Å². The molecule has 0 spiro atoms. The number of amides is 1. The number of carbonyl (C=O) groups excluding carboxylic acids is 1. The Morgan fingerprint density at radius 3 is 2.54 bits per heavy atom. The van der Waals surface area contributed by atoms with Crippen molar-refractivity contribution in [3.8, 4) is 5.75 Å². The number of carbonyl (C=O) groups is 1. The number of ether oxygens (including phenoxy) is 2. The second kappa shape index (κ2) is 6.40. The van der Waals surface area contributed by atoms with Gasteiger partial charge in [-0.25, -0.2) is 0 Å². The quantitative estimate of drug-likeness (QED) is 0.803. The van der Waals surface area contributed by atoms with Crippen molar-refractivity contribution in [2.24, 2.45) is 11.8 Å². The minimum atomic E-state index is 0.0724. The van der Waals surface area contributed by atoms with Crippen LogP contribution in [-0.4, -0.2) is 36.2 Å². The molecule has 2 bridgehead atoms. The fraction of sp³-hybridized carbons (Fsp3) is 0.650. The van der Waals surface area contributed by atoms with E-state index >= 15 is 0 Å². The molecule has 4 atom stereocenters. The minimum absolute atomic E-state index is 0.0724. The first-order valence-electron chi connectivity index (χ1n) is 9.24. The van der Waals surface area contributed by atoms with Crippen LogP contribution in [0.4, 0.5) is 0 Å². The Kier molecular flexibility index (Phi) is 4.25. The van der Waals surface area contributed by atoms with E-state index in [-0.39, 0.29) is 12.0 Å². The molecule has 2 heterocycles. The number of nitrogens with zero attached hydrogens (tertiary/aromatic N) is 1. The van der Waals surface area contributed by atoms with E-state index < -0.39 is 0 Å². The third kappa shape index (κ3) is 3.04. The number of hydrogen-bond donors (Lipinski definition) is 0. The number of methoxy groups -OCH3 is 1. The molecule has 1 saturated carbocycles. The Labute approximate surface area is 144 Å². The molecule has 1 aromatic rings. The van der Waals surface area contributed by atoms with E-state index in [9.17, 15) is 4.79 Å². The molecule has 4 rings (SSSR count). The van der Waals surface area contributed by atoms with Gasteiger partial charge in [0.2, 0.25) is 5.91 Å². The van der Waals surface area contributed by atoms with Crippen LogP contribution in [0.2, 0.25) is 0 Å². The van der Waals surface area contributed by atoms with E-state index in [0.717, 1.165) is 25.0 Å². The summed E-state index contributed by atoms with van der Waals surface area (Å²) in [6.45, 7) is 2.90. The van der Waals surface area contributed by atoms with Crippen LogP contribution in [0.25, 0.3) is 0 Å². The van der Waals surface area contributed by atoms with Crippen molar-refractivity contribution in [1.82, 2.24) is 4.90 Å². The van der Waals surface area contributed by atoms with Gasteiger partial charge >= 0.3 is 0 Å². The van der Waals surface area contributed by atoms with Gasteiger partial charge in [-0.2, -0.15) is 0 Å². The Balaban J connectivity index is 1.51. The first-order chi connectivity index (χ1) is 11.7. The molecule has 1 aliphatic carbocycles. The summed E-state index contributed by atoms with van der Waals surface area (Å²) in [6.07, 6.45) is 6.08. The van der Waals surface area contributed by atoms with Gasteiger partial charge in [0.25, 0.3) is 0 Å². The molecule has 3 fully saturated rings. The van der Waals surface area contributed by atoms with Crippen LogP contribution in [-0.2, 0) is 16.1 Å². The van der Waals surface area contributed by atoms with Crippen molar-refractivity contribution in [3.05, 3.63) is 29.8 Å². The summed E-state index contributed by atoms with van der Waals surface area (Å²) in [4.78, 5) is 15.4. The summed E-state index contributed by atoms with van der Waals surface area (Å²) < 4.78 is 11.2. The van der Waals surface area contributed by atoms with Crippen LogP contribution in [0.5, 0.6) is 5.75 Å². The van der Waals surface area contributed by atoms with Crippen LogP contribution < -0.4 is 4.74 Å². The Morgan fingerprint density at radius 1 is 1.25 bits per heavy atom. The van der Waals surface area contributed by atoms with Crippen molar-refractivity contribution in [2.75, 3.05) is 7.11 Å². The molecule has 4 nitrogen and oxygen atoms in total. The predicted molar refractivity (Wildman–Crippen MR) is 91.7 cm³/mol. The van der Waals surface area contributed by atoms with Crippen LogP contribution >= 0.6 is 0 Å². The van der Waals surface area contributed by atoms with Crippen molar-refractivity contribution >= 4 is 5.91 Å². The molecule has 0 radical (unpaired) electrons. The normalized spacial score (nSPS) is 29.5. The van der Waals surface area contributed by atoms with E-state index in [2.05, 4.69) is 24.0 Å². The van der Waals surface area contributed by atoms with Gasteiger partial charge in [-0.15, -0.1) is 0 Å². The van der Waals surface area contributed by atoms with Gasteiger partial charge in [-0.1, -0.05) is 12.1 Å². The molecule has 3 aliphatic rings. The van der Waals surface area contributed by atoms with E-state index in [0.29, 0.717) is 30.5 Å². The Bertz CT molecular complexity index is 595. The van der Waals surface area contributed by atoms with E-state index in [4.69, 9.17) is 9.47 Å². The molecule has 2 saturated heterocycles. The zero-order chi connectivity index (χ0) is 16.7. The van der Waals surface area contributed by atoms with Crippen LogP contribution in [0.1, 0.15) is 44.6 Å². The molecule has 24 heavy (non-hydrogen) atoms. The lowest BCUT2D eigenvalue weighted by atomic mass is 9.87. The van der Waals surface area contributed by atoms with E-state index in [1.54, 1.807) is 7.11 Å². The number of fused-ring (bicyclic) bond motifs is 2. The monoisotopic (exact) mass is 329 g/mol. The number of benzene rings is 1. The summed E-state index contributed by atoms with van der Waals surface area (Å²) in [5.74, 6) is 1.90. The molecule has 0 unspecified atom stereocenters. The zero-order valence-electron chi connectivity index (χ0n) is 14.6. The SMILES string of the molecule is COc1ccc(CN(C(=O)[C@@H]2C[C@H]3CC[C@@H]2O3)[C@@H](C)C2CC2)cc1. The molecule has 130 valence electrons. The standard InChI is InChI=1S/C20H27NO3/c1-13(15-5-6-15)21(12-14-3-7-16(23-2)8-4-14)20(22)18-11-17-9-10-19(18)24-17/h3-4,7-8,13,15,17-19H,5-6,9-12H2,1-2H3/t13-,17+,18+,19-/m0/s1. The third-order valence-corrected chi connectivity index (χ3v) is 6.01. The van der Waals surface area contributed by atoms with E-state index in [1.165, 1.54) is 18.4 Å². The maximum Gasteiger partial charge on any atom is 0.228 e. The van der Waals surface area contributed by atoms with E-state index in [1.807, 2.05) is 12.1 Å². The lowest BCUT2D eigenvalue weighted by molar-refractivity contribution is -0.140. The first kappa shape index (κ1) is 15.9. The van der Waals surface area contributed by atoms with Crippen molar-refractivity contribution in [1.29, 1.82) is 0 Å². The van der Waals surface area contributed by atoms with Crippen LogP contribution in [0.15, 0.2) is 24.3 Å². The Hall–Kier alpha value is -1.55. The van der Waals surface area contributed by atoms with Gasteiger partial charge in [0, 0.05) is 12.6 Å². The van der Waals surface area contributed by atoms with Gasteiger partial charge in [-0.3, -0.25) is 4.79 Å². The fourth-order valence-electron chi connectivity index (χ4n) is 4.29. The summed E-state index contributed by atoms with van der Waals surface area (Å²) in [5, 5.41) is 0. The number of rotatable bonds is 6. The molecular weight excluding hydrogens is 302 g/mol. The smallest absolute Gasteiger partial charge is 0.228 e. The maximum absolute atomic E-state index is 13.3. The average Bonchev–Trinajstić information content (AvgIpc) is 3.26. The molecule has 1 aromatic carbocycles. The highest BCUT2D eigenvalue weighted by Crippen LogP contribution is 2.42. The highest BCUT2D eigenvalue weighted by molar-refractivity contribution is 5.80. The molecule has 0 aromatic heterocycles. The first-order valence-corrected chi connectivity index (χ1v) is 9.24. The minimum Gasteiger partial charge on any atom is -0.497 e. The third-order valence-electron chi connectivity index (χ3n) is 6.01. The lowest BCUT2D eigenvalue weighted by Gasteiger charge is -2.33. The van der Waals surface area contributed by atoms with Gasteiger partial charge in [0.15, 0.2) is 0 Å².